The quantitative estimate of drug-likeness (QED) is 0.703. The number of para-hydroxylation sites is 3. The number of carbonyl (C=O) groups is 2. The van der Waals surface area contributed by atoms with Gasteiger partial charge in [0.15, 0.2) is 0 Å². The average Bonchev–Trinajstić information content (AvgIpc) is 3.44. The first-order chi connectivity index (χ1) is 14.6. The Kier molecular flexibility index (Phi) is 4.71. The normalized spacial score (nSPS) is 20.7. The molecule has 0 spiro atoms. The molecule has 0 unspecified atom stereocenters. The second-order valence-corrected chi connectivity index (χ2v) is 7.60. The van der Waals surface area contributed by atoms with Gasteiger partial charge < -0.3 is 10.1 Å². The molecule has 1 aromatic heterocycles. The predicted octanol–water partition coefficient (Wildman–Crippen LogP) is 3.27. The number of hydrogen-bond donors (Lipinski definition) is 1. The standard InChI is InChI=1S/C22H21FN4O3/c23-15-7-1-2-8-16(15)24-20(28)12-19-21(29)26(13-14-6-5-11-30-14)22-25-17-9-3-4-10-18(17)27(19)22/h1-4,7-10,14,19H,5-6,11-13H2,(H,24,28)/t14-,19+/m0/s1. The Labute approximate surface area is 172 Å². The molecule has 2 aliphatic heterocycles. The molecule has 2 aromatic carbocycles. The van der Waals surface area contributed by atoms with Gasteiger partial charge in [0.05, 0.1) is 35.8 Å². The molecule has 1 N–H and O–H groups in total. The van der Waals surface area contributed by atoms with E-state index in [-0.39, 0.29) is 24.1 Å². The second-order valence-electron chi connectivity index (χ2n) is 7.60. The molecule has 7 nitrogen and oxygen atoms in total. The van der Waals surface area contributed by atoms with Gasteiger partial charge in [-0.25, -0.2) is 9.37 Å². The summed E-state index contributed by atoms with van der Waals surface area (Å²) < 4.78 is 21.4. The number of ether oxygens (including phenoxy) is 1. The first-order valence-corrected chi connectivity index (χ1v) is 10.1. The van der Waals surface area contributed by atoms with Crippen LogP contribution in [0.4, 0.5) is 16.0 Å². The van der Waals surface area contributed by atoms with Crippen LogP contribution in [-0.2, 0) is 14.3 Å². The van der Waals surface area contributed by atoms with E-state index in [0.29, 0.717) is 19.1 Å². The first-order valence-electron chi connectivity index (χ1n) is 10.1. The van der Waals surface area contributed by atoms with Crippen LogP contribution < -0.4 is 10.2 Å². The number of imidazole rings is 1. The molecule has 3 heterocycles. The average molecular weight is 408 g/mol. The Morgan fingerprint density at radius 3 is 2.80 bits per heavy atom. The summed E-state index contributed by atoms with van der Waals surface area (Å²) in [7, 11) is 0. The molecule has 0 saturated carbocycles. The van der Waals surface area contributed by atoms with E-state index in [9.17, 15) is 14.0 Å². The van der Waals surface area contributed by atoms with Crippen molar-refractivity contribution in [3.63, 3.8) is 0 Å². The summed E-state index contributed by atoms with van der Waals surface area (Å²) >= 11 is 0. The summed E-state index contributed by atoms with van der Waals surface area (Å²) in [5, 5.41) is 2.57. The van der Waals surface area contributed by atoms with E-state index in [1.165, 1.54) is 12.1 Å². The molecule has 1 fully saturated rings. The molecule has 5 rings (SSSR count). The Hall–Kier alpha value is -3.26. The van der Waals surface area contributed by atoms with Gasteiger partial charge in [0.1, 0.15) is 11.9 Å². The van der Waals surface area contributed by atoms with Crippen molar-refractivity contribution in [3.05, 3.63) is 54.3 Å². The highest BCUT2D eigenvalue weighted by atomic mass is 19.1. The molecular weight excluding hydrogens is 387 g/mol. The topological polar surface area (TPSA) is 76.5 Å². The zero-order valence-electron chi connectivity index (χ0n) is 16.3. The third kappa shape index (κ3) is 3.23. The molecule has 8 heteroatoms. The van der Waals surface area contributed by atoms with E-state index in [4.69, 9.17) is 4.74 Å². The Balaban J connectivity index is 1.45. The summed E-state index contributed by atoms with van der Waals surface area (Å²) in [6.07, 6.45) is 1.72. The number of carbonyl (C=O) groups excluding carboxylic acids is 2. The monoisotopic (exact) mass is 408 g/mol. The van der Waals surface area contributed by atoms with Crippen molar-refractivity contribution in [2.75, 3.05) is 23.4 Å². The number of halogens is 1. The summed E-state index contributed by atoms with van der Waals surface area (Å²) in [6.45, 7) is 1.10. The van der Waals surface area contributed by atoms with Crippen LogP contribution >= 0.6 is 0 Å². The van der Waals surface area contributed by atoms with Crippen LogP contribution in [0.25, 0.3) is 11.0 Å². The van der Waals surface area contributed by atoms with Crippen LogP contribution in [0.3, 0.4) is 0 Å². The smallest absolute Gasteiger partial charge is 0.253 e. The van der Waals surface area contributed by atoms with Crippen molar-refractivity contribution in [1.82, 2.24) is 9.55 Å². The number of anilines is 2. The second kappa shape index (κ2) is 7.53. The predicted molar refractivity (Wildman–Crippen MR) is 110 cm³/mol. The zero-order valence-corrected chi connectivity index (χ0v) is 16.3. The minimum Gasteiger partial charge on any atom is -0.376 e. The Morgan fingerprint density at radius 1 is 1.20 bits per heavy atom. The zero-order chi connectivity index (χ0) is 20.7. The third-order valence-electron chi connectivity index (χ3n) is 5.62. The van der Waals surface area contributed by atoms with Gasteiger partial charge in [0.2, 0.25) is 11.9 Å². The highest BCUT2D eigenvalue weighted by molar-refractivity contribution is 6.05. The van der Waals surface area contributed by atoms with Crippen LogP contribution in [0.15, 0.2) is 48.5 Å². The van der Waals surface area contributed by atoms with Crippen LogP contribution in [0.5, 0.6) is 0 Å². The van der Waals surface area contributed by atoms with Crippen molar-refractivity contribution in [2.24, 2.45) is 0 Å². The van der Waals surface area contributed by atoms with Gasteiger partial charge in [-0.1, -0.05) is 24.3 Å². The number of nitrogens with zero attached hydrogens (tertiary/aromatic N) is 3. The third-order valence-corrected chi connectivity index (χ3v) is 5.62. The van der Waals surface area contributed by atoms with Gasteiger partial charge >= 0.3 is 0 Å². The molecule has 154 valence electrons. The number of rotatable bonds is 5. The van der Waals surface area contributed by atoms with Gasteiger partial charge in [-0.3, -0.25) is 19.1 Å². The first kappa shape index (κ1) is 18.7. The van der Waals surface area contributed by atoms with E-state index in [2.05, 4.69) is 10.3 Å². The van der Waals surface area contributed by atoms with Gasteiger partial charge in [0.25, 0.3) is 5.91 Å². The van der Waals surface area contributed by atoms with E-state index in [1.54, 1.807) is 17.0 Å². The molecule has 30 heavy (non-hydrogen) atoms. The minimum absolute atomic E-state index is 0.0341. The maximum Gasteiger partial charge on any atom is 0.253 e. The molecule has 3 aromatic rings. The van der Waals surface area contributed by atoms with Crippen molar-refractivity contribution in [2.45, 2.75) is 31.4 Å². The Bertz CT molecular complexity index is 1120. The maximum absolute atomic E-state index is 13.9. The minimum atomic E-state index is -0.736. The fourth-order valence-corrected chi connectivity index (χ4v) is 4.20. The molecule has 2 atom stereocenters. The van der Waals surface area contributed by atoms with Crippen LogP contribution in [0, 0.1) is 5.82 Å². The lowest BCUT2D eigenvalue weighted by Gasteiger charge is -2.19. The number of nitrogens with one attached hydrogen (secondary N) is 1. The molecule has 0 radical (unpaired) electrons. The number of benzene rings is 2. The van der Waals surface area contributed by atoms with Gasteiger partial charge in [0, 0.05) is 6.61 Å². The summed E-state index contributed by atoms with van der Waals surface area (Å²) in [4.78, 5) is 32.2. The van der Waals surface area contributed by atoms with E-state index in [0.717, 1.165) is 23.9 Å². The van der Waals surface area contributed by atoms with Gasteiger partial charge in [-0.05, 0) is 37.1 Å². The maximum atomic E-state index is 13.9. The van der Waals surface area contributed by atoms with E-state index in [1.807, 2.05) is 28.8 Å². The van der Waals surface area contributed by atoms with Crippen molar-refractivity contribution in [3.8, 4) is 0 Å². The lowest BCUT2D eigenvalue weighted by Crippen LogP contribution is -2.37. The largest absolute Gasteiger partial charge is 0.376 e. The highest BCUT2D eigenvalue weighted by Crippen LogP contribution is 2.37. The molecule has 0 aliphatic carbocycles. The van der Waals surface area contributed by atoms with Gasteiger partial charge in [-0.2, -0.15) is 0 Å². The van der Waals surface area contributed by atoms with Crippen molar-refractivity contribution >= 4 is 34.5 Å². The van der Waals surface area contributed by atoms with Crippen LogP contribution in [0.2, 0.25) is 0 Å². The summed E-state index contributed by atoms with van der Waals surface area (Å²) in [5.41, 5.74) is 1.65. The summed E-state index contributed by atoms with van der Waals surface area (Å²) in [6, 6.07) is 12.8. The number of aromatic nitrogens is 2. The highest BCUT2D eigenvalue weighted by Gasteiger charge is 2.42. The van der Waals surface area contributed by atoms with E-state index < -0.39 is 17.8 Å². The van der Waals surface area contributed by atoms with Crippen molar-refractivity contribution < 1.29 is 18.7 Å². The van der Waals surface area contributed by atoms with Crippen LogP contribution in [-0.4, -0.2) is 40.6 Å². The number of fused-ring (bicyclic) bond motifs is 3. The molecule has 2 amide bonds. The lowest BCUT2D eigenvalue weighted by molar-refractivity contribution is -0.124. The lowest BCUT2D eigenvalue weighted by atomic mass is 10.1. The molecule has 2 aliphatic rings. The SMILES string of the molecule is O=C(C[C@@H]1C(=O)N(C[C@@H]2CCCO2)c2nc3ccccc3n21)Nc1ccccc1F. The number of hydrogen-bond acceptors (Lipinski definition) is 4. The number of amides is 2. The fourth-order valence-electron chi connectivity index (χ4n) is 4.20. The fraction of sp³-hybridized carbons (Fsp3) is 0.318. The van der Waals surface area contributed by atoms with E-state index >= 15 is 0 Å². The molecular formula is C22H21FN4O3. The summed E-state index contributed by atoms with van der Waals surface area (Å²) in [5.74, 6) is -0.610. The van der Waals surface area contributed by atoms with Crippen LogP contribution in [0.1, 0.15) is 25.3 Å². The molecule has 1 saturated heterocycles. The van der Waals surface area contributed by atoms with Gasteiger partial charge in [-0.15, -0.1) is 0 Å². The molecule has 0 bridgehead atoms. The van der Waals surface area contributed by atoms with Crippen molar-refractivity contribution in [1.29, 1.82) is 0 Å². The Morgan fingerprint density at radius 2 is 2.00 bits per heavy atom.